The number of benzene rings is 1. The van der Waals surface area contributed by atoms with Crippen LogP contribution in [0.1, 0.15) is 30.5 Å². The van der Waals surface area contributed by atoms with Gasteiger partial charge in [-0.1, -0.05) is 29.8 Å². The number of carbonyl (C=O) groups is 2. The number of rotatable bonds is 6. The zero-order valence-corrected chi connectivity index (χ0v) is 12.6. The Balaban J connectivity index is 1.93. The van der Waals surface area contributed by atoms with Crippen molar-refractivity contribution in [3.63, 3.8) is 0 Å². The van der Waals surface area contributed by atoms with E-state index in [4.69, 9.17) is 0 Å². The van der Waals surface area contributed by atoms with Crippen LogP contribution in [0.4, 0.5) is 0 Å². The van der Waals surface area contributed by atoms with Gasteiger partial charge in [0.1, 0.15) is 0 Å². The second-order valence-corrected chi connectivity index (χ2v) is 5.70. The van der Waals surface area contributed by atoms with Gasteiger partial charge < -0.3 is 16.0 Å². The quantitative estimate of drug-likeness (QED) is 0.728. The topological polar surface area (TPSA) is 70.2 Å². The zero-order chi connectivity index (χ0) is 15.2. The van der Waals surface area contributed by atoms with Crippen molar-refractivity contribution in [3.8, 4) is 0 Å². The molecule has 0 bridgehead atoms. The van der Waals surface area contributed by atoms with Crippen molar-refractivity contribution in [2.75, 3.05) is 19.6 Å². The minimum atomic E-state index is -0.275. The molecule has 0 spiro atoms. The average Bonchev–Trinajstić information content (AvgIpc) is 2.36. The summed E-state index contributed by atoms with van der Waals surface area (Å²) in [5, 5.41) is 8.96. The number of nitrogens with one attached hydrogen (secondary N) is 3. The summed E-state index contributed by atoms with van der Waals surface area (Å²) in [6, 6.07) is 7.62. The first-order valence-electron chi connectivity index (χ1n) is 7.35. The molecule has 1 atom stereocenters. The highest BCUT2D eigenvalue weighted by molar-refractivity contribution is 5.79. The standard InChI is InChI=1S/C16H23N3O2/c1-11-3-5-14(6-4-11)15(19-12(2)20)7-16(21)18-10-13-8-17-9-13/h3-6,13,15,17H,7-10H2,1-2H3,(H,18,21)(H,19,20). The van der Waals surface area contributed by atoms with E-state index < -0.39 is 0 Å². The molecule has 0 aromatic heterocycles. The normalized spacial score (nSPS) is 15.9. The van der Waals surface area contributed by atoms with Crippen molar-refractivity contribution in [2.24, 2.45) is 5.92 Å². The Morgan fingerprint density at radius 3 is 2.48 bits per heavy atom. The molecule has 0 saturated carbocycles. The maximum atomic E-state index is 12.0. The van der Waals surface area contributed by atoms with Gasteiger partial charge in [-0.15, -0.1) is 0 Å². The smallest absolute Gasteiger partial charge is 0.222 e. The lowest BCUT2D eigenvalue weighted by Gasteiger charge is -2.27. The molecule has 1 fully saturated rings. The number of hydrogen-bond donors (Lipinski definition) is 3. The van der Waals surface area contributed by atoms with Gasteiger partial charge in [-0.2, -0.15) is 0 Å². The molecule has 1 aliphatic heterocycles. The molecule has 5 heteroatoms. The van der Waals surface area contributed by atoms with Crippen LogP contribution in [-0.4, -0.2) is 31.4 Å². The molecule has 1 heterocycles. The van der Waals surface area contributed by atoms with Crippen LogP contribution in [0.3, 0.4) is 0 Å². The molecule has 3 N–H and O–H groups in total. The summed E-state index contributed by atoms with van der Waals surface area (Å²) >= 11 is 0. The Labute approximate surface area is 125 Å². The first-order valence-corrected chi connectivity index (χ1v) is 7.35. The van der Waals surface area contributed by atoms with Crippen LogP contribution < -0.4 is 16.0 Å². The molecule has 1 saturated heterocycles. The first-order chi connectivity index (χ1) is 10.0. The molecular weight excluding hydrogens is 266 g/mol. The lowest BCUT2D eigenvalue weighted by atomic mass is 10.0. The second kappa shape index (κ2) is 7.22. The third kappa shape index (κ3) is 4.86. The summed E-state index contributed by atoms with van der Waals surface area (Å²) in [5.74, 6) is 0.380. The summed E-state index contributed by atoms with van der Waals surface area (Å²) in [6.07, 6.45) is 0.267. The number of carbonyl (C=O) groups excluding carboxylic acids is 2. The molecule has 21 heavy (non-hydrogen) atoms. The van der Waals surface area contributed by atoms with Gasteiger partial charge in [-0.25, -0.2) is 0 Å². The van der Waals surface area contributed by atoms with Gasteiger partial charge in [0.05, 0.1) is 12.5 Å². The minimum absolute atomic E-state index is 0.0266. The Hall–Kier alpha value is -1.88. The monoisotopic (exact) mass is 289 g/mol. The molecule has 1 unspecified atom stereocenters. The Kier molecular flexibility index (Phi) is 5.33. The van der Waals surface area contributed by atoms with Gasteiger partial charge in [0.2, 0.25) is 11.8 Å². The SMILES string of the molecule is CC(=O)NC(CC(=O)NCC1CNC1)c1ccc(C)cc1. The summed E-state index contributed by atoms with van der Waals surface area (Å²) in [4.78, 5) is 23.4. The molecule has 5 nitrogen and oxygen atoms in total. The fraction of sp³-hybridized carbons (Fsp3) is 0.500. The van der Waals surface area contributed by atoms with E-state index in [1.807, 2.05) is 31.2 Å². The van der Waals surface area contributed by atoms with Crippen LogP contribution in [-0.2, 0) is 9.59 Å². The van der Waals surface area contributed by atoms with Crippen molar-refractivity contribution in [1.29, 1.82) is 0 Å². The van der Waals surface area contributed by atoms with Gasteiger partial charge >= 0.3 is 0 Å². The average molecular weight is 289 g/mol. The van der Waals surface area contributed by atoms with E-state index in [0.717, 1.165) is 24.2 Å². The zero-order valence-electron chi connectivity index (χ0n) is 12.6. The van der Waals surface area contributed by atoms with Crippen LogP contribution in [0.15, 0.2) is 24.3 Å². The van der Waals surface area contributed by atoms with Gasteiger partial charge in [0, 0.05) is 32.5 Å². The van der Waals surface area contributed by atoms with Crippen molar-refractivity contribution < 1.29 is 9.59 Å². The lowest BCUT2D eigenvalue weighted by Crippen LogP contribution is -2.48. The van der Waals surface area contributed by atoms with Crippen molar-refractivity contribution in [1.82, 2.24) is 16.0 Å². The lowest BCUT2D eigenvalue weighted by molar-refractivity contribution is -0.123. The molecular formula is C16H23N3O2. The van der Waals surface area contributed by atoms with Gasteiger partial charge in [0.15, 0.2) is 0 Å². The fourth-order valence-corrected chi connectivity index (χ4v) is 2.30. The number of aryl methyl sites for hydroxylation is 1. The summed E-state index contributed by atoms with van der Waals surface area (Å²) < 4.78 is 0. The summed E-state index contributed by atoms with van der Waals surface area (Å²) in [5.41, 5.74) is 2.11. The third-order valence-corrected chi connectivity index (χ3v) is 3.70. The summed E-state index contributed by atoms with van der Waals surface area (Å²) in [7, 11) is 0. The van der Waals surface area contributed by atoms with Crippen LogP contribution in [0, 0.1) is 12.8 Å². The predicted molar refractivity (Wildman–Crippen MR) is 81.7 cm³/mol. The van der Waals surface area contributed by atoms with E-state index in [-0.39, 0.29) is 24.3 Å². The number of hydrogen-bond acceptors (Lipinski definition) is 3. The molecule has 1 aromatic rings. The largest absolute Gasteiger partial charge is 0.356 e. The van der Waals surface area contributed by atoms with Gasteiger partial charge in [-0.05, 0) is 12.5 Å². The van der Waals surface area contributed by atoms with Crippen molar-refractivity contribution in [3.05, 3.63) is 35.4 Å². The molecule has 1 aliphatic rings. The van der Waals surface area contributed by atoms with Crippen LogP contribution in [0.5, 0.6) is 0 Å². The Morgan fingerprint density at radius 2 is 1.95 bits per heavy atom. The highest BCUT2D eigenvalue weighted by atomic mass is 16.2. The van der Waals surface area contributed by atoms with Crippen molar-refractivity contribution in [2.45, 2.75) is 26.3 Å². The highest BCUT2D eigenvalue weighted by Crippen LogP contribution is 2.17. The Bertz CT molecular complexity index is 495. The maximum absolute atomic E-state index is 12.0. The first kappa shape index (κ1) is 15.5. The fourth-order valence-electron chi connectivity index (χ4n) is 2.30. The van der Waals surface area contributed by atoms with E-state index in [0.29, 0.717) is 12.5 Å². The van der Waals surface area contributed by atoms with Crippen LogP contribution >= 0.6 is 0 Å². The second-order valence-electron chi connectivity index (χ2n) is 5.70. The van der Waals surface area contributed by atoms with E-state index in [1.165, 1.54) is 6.92 Å². The van der Waals surface area contributed by atoms with E-state index in [1.54, 1.807) is 0 Å². The van der Waals surface area contributed by atoms with Crippen molar-refractivity contribution >= 4 is 11.8 Å². The predicted octanol–water partition coefficient (Wildman–Crippen LogP) is 0.898. The van der Waals surface area contributed by atoms with Gasteiger partial charge in [-0.3, -0.25) is 9.59 Å². The summed E-state index contributed by atoms with van der Waals surface area (Å²) in [6.45, 7) is 6.11. The molecule has 2 amide bonds. The molecule has 0 aliphatic carbocycles. The van der Waals surface area contributed by atoms with E-state index in [9.17, 15) is 9.59 Å². The highest BCUT2D eigenvalue weighted by Gasteiger charge is 2.20. The third-order valence-electron chi connectivity index (χ3n) is 3.70. The molecule has 114 valence electrons. The van der Waals surface area contributed by atoms with E-state index in [2.05, 4.69) is 16.0 Å². The van der Waals surface area contributed by atoms with Crippen LogP contribution in [0.2, 0.25) is 0 Å². The Morgan fingerprint density at radius 1 is 1.29 bits per heavy atom. The molecule has 0 radical (unpaired) electrons. The molecule has 1 aromatic carbocycles. The van der Waals surface area contributed by atoms with Crippen LogP contribution in [0.25, 0.3) is 0 Å². The minimum Gasteiger partial charge on any atom is -0.356 e. The number of amides is 2. The van der Waals surface area contributed by atoms with E-state index >= 15 is 0 Å². The maximum Gasteiger partial charge on any atom is 0.222 e. The van der Waals surface area contributed by atoms with Gasteiger partial charge in [0.25, 0.3) is 0 Å². The molecule has 2 rings (SSSR count).